The second-order valence-corrected chi connectivity index (χ2v) is 2.96. The summed E-state index contributed by atoms with van der Waals surface area (Å²) < 4.78 is 4.80. The van der Waals surface area contributed by atoms with Crippen molar-refractivity contribution in [3.05, 3.63) is 0 Å². The molecule has 1 rings (SSSR count). The van der Waals surface area contributed by atoms with Crippen LogP contribution >= 0.6 is 0 Å². The number of ether oxygens (including phenoxy) is 1. The van der Waals surface area contributed by atoms with Gasteiger partial charge in [0.15, 0.2) is 0 Å². The molecule has 0 fully saturated rings. The van der Waals surface area contributed by atoms with Gasteiger partial charge < -0.3 is 20.6 Å². The normalized spacial score (nSPS) is 20.1. The van der Waals surface area contributed by atoms with Crippen LogP contribution in [0.5, 0.6) is 0 Å². The van der Waals surface area contributed by atoms with Gasteiger partial charge in [0.25, 0.3) is 0 Å². The number of hydrazone groups is 1. The minimum atomic E-state index is -0.350. The molecule has 0 aromatic carbocycles. The van der Waals surface area contributed by atoms with Gasteiger partial charge in [-0.15, -0.1) is 0 Å². The molecule has 1 amide bonds. The van der Waals surface area contributed by atoms with E-state index in [2.05, 4.69) is 15.8 Å². The Morgan fingerprint density at radius 2 is 2.64 bits per heavy atom. The predicted molar refractivity (Wildman–Crippen MR) is 50.9 cm³/mol. The van der Waals surface area contributed by atoms with E-state index < -0.39 is 0 Å². The first-order valence-corrected chi connectivity index (χ1v) is 4.46. The maximum Gasteiger partial charge on any atom is 0.230 e. The molecule has 0 saturated carbocycles. The van der Waals surface area contributed by atoms with Crippen LogP contribution in [0.2, 0.25) is 0 Å². The number of rotatable bonds is 5. The van der Waals surface area contributed by atoms with E-state index in [1.807, 2.05) is 0 Å². The SMILES string of the molecule is COCCNC(=O)C1CNN=C1CO. The molecule has 1 unspecified atom stereocenters. The van der Waals surface area contributed by atoms with Crippen LogP contribution in [0.3, 0.4) is 0 Å². The van der Waals surface area contributed by atoms with E-state index in [-0.39, 0.29) is 18.4 Å². The Balaban J connectivity index is 2.33. The van der Waals surface area contributed by atoms with Crippen LogP contribution < -0.4 is 10.7 Å². The van der Waals surface area contributed by atoms with E-state index in [0.717, 1.165) is 0 Å². The summed E-state index contributed by atoms with van der Waals surface area (Å²) in [5.74, 6) is -0.475. The van der Waals surface area contributed by atoms with Crippen LogP contribution in [0, 0.1) is 5.92 Å². The van der Waals surface area contributed by atoms with Crippen molar-refractivity contribution < 1.29 is 14.6 Å². The number of nitrogens with one attached hydrogen (secondary N) is 2. The smallest absolute Gasteiger partial charge is 0.230 e. The standard InChI is InChI=1S/C8H15N3O3/c1-14-3-2-9-8(13)6-4-10-11-7(6)5-12/h6,10,12H,2-5H2,1H3,(H,9,13). The van der Waals surface area contributed by atoms with Gasteiger partial charge in [0, 0.05) is 13.7 Å². The molecule has 1 atom stereocenters. The van der Waals surface area contributed by atoms with Crippen molar-refractivity contribution in [1.82, 2.24) is 10.7 Å². The fourth-order valence-electron chi connectivity index (χ4n) is 1.22. The Morgan fingerprint density at radius 3 is 3.29 bits per heavy atom. The van der Waals surface area contributed by atoms with Crippen molar-refractivity contribution in [3.8, 4) is 0 Å². The summed E-state index contributed by atoms with van der Waals surface area (Å²) in [5, 5.41) is 15.4. The fraction of sp³-hybridized carbons (Fsp3) is 0.750. The minimum absolute atomic E-state index is 0.125. The summed E-state index contributed by atoms with van der Waals surface area (Å²) >= 11 is 0. The third kappa shape index (κ3) is 2.68. The first-order chi connectivity index (χ1) is 6.79. The molecule has 1 aliphatic heterocycles. The lowest BCUT2D eigenvalue weighted by Crippen LogP contribution is -2.38. The summed E-state index contributed by atoms with van der Waals surface area (Å²) in [7, 11) is 1.57. The van der Waals surface area contributed by atoms with Gasteiger partial charge in [-0.05, 0) is 0 Å². The first kappa shape index (κ1) is 10.9. The van der Waals surface area contributed by atoms with Crippen molar-refractivity contribution in [2.75, 3.05) is 33.4 Å². The third-order valence-corrected chi connectivity index (χ3v) is 2.00. The van der Waals surface area contributed by atoms with E-state index in [1.54, 1.807) is 7.11 Å². The summed E-state index contributed by atoms with van der Waals surface area (Å²) in [6.45, 7) is 1.23. The molecule has 14 heavy (non-hydrogen) atoms. The van der Waals surface area contributed by atoms with Crippen molar-refractivity contribution in [1.29, 1.82) is 0 Å². The number of methoxy groups -OCH3 is 1. The van der Waals surface area contributed by atoms with Crippen molar-refractivity contribution in [3.63, 3.8) is 0 Å². The second-order valence-electron chi connectivity index (χ2n) is 2.96. The lowest BCUT2D eigenvalue weighted by molar-refractivity contribution is -0.123. The third-order valence-electron chi connectivity index (χ3n) is 2.00. The Bertz CT molecular complexity index is 230. The first-order valence-electron chi connectivity index (χ1n) is 4.46. The van der Waals surface area contributed by atoms with Gasteiger partial charge in [-0.1, -0.05) is 0 Å². The molecular formula is C8H15N3O3. The van der Waals surface area contributed by atoms with Gasteiger partial charge in [-0.2, -0.15) is 5.10 Å². The van der Waals surface area contributed by atoms with E-state index in [0.29, 0.717) is 25.4 Å². The summed E-state index contributed by atoms with van der Waals surface area (Å²) in [4.78, 5) is 11.5. The number of carbonyl (C=O) groups is 1. The van der Waals surface area contributed by atoms with Crippen molar-refractivity contribution >= 4 is 11.6 Å². The molecule has 0 saturated heterocycles. The van der Waals surface area contributed by atoms with Crippen LogP contribution in [0.1, 0.15) is 0 Å². The molecule has 6 nitrogen and oxygen atoms in total. The number of carbonyl (C=O) groups excluding carboxylic acids is 1. The maximum atomic E-state index is 11.5. The number of hydrogen-bond acceptors (Lipinski definition) is 5. The molecule has 0 radical (unpaired) electrons. The molecule has 0 aliphatic carbocycles. The Hall–Kier alpha value is -1.14. The zero-order valence-electron chi connectivity index (χ0n) is 8.12. The Kier molecular flexibility index (Phi) is 4.34. The largest absolute Gasteiger partial charge is 0.390 e. The van der Waals surface area contributed by atoms with Gasteiger partial charge in [0.05, 0.1) is 31.4 Å². The highest BCUT2D eigenvalue weighted by Crippen LogP contribution is 2.04. The number of aliphatic hydroxyl groups excluding tert-OH is 1. The highest BCUT2D eigenvalue weighted by Gasteiger charge is 2.27. The Morgan fingerprint density at radius 1 is 1.86 bits per heavy atom. The van der Waals surface area contributed by atoms with E-state index in [9.17, 15) is 4.79 Å². The van der Waals surface area contributed by atoms with E-state index in [1.165, 1.54) is 0 Å². The average Bonchev–Trinajstić information content (AvgIpc) is 2.65. The molecule has 1 heterocycles. The minimum Gasteiger partial charge on any atom is -0.390 e. The zero-order chi connectivity index (χ0) is 10.4. The second kappa shape index (κ2) is 5.56. The quantitative estimate of drug-likeness (QED) is 0.464. The molecule has 1 aliphatic rings. The number of aliphatic hydroxyl groups is 1. The summed E-state index contributed by atoms with van der Waals surface area (Å²) in [6, 6.07) is 0. The monoisotopic (exact) mass is 201 g/mol. The van der Waals surface area contributed by atoms with Crippen LogP contribution in [-0.4, -0.2) is 50.1 Å². The molecule has 6 heteroatoms. The fourth-order valence-corrected chi connectivity index (χ4v) is 1.22. The van der Waals surface area contributed by atoms with E-state index >= 15 is 0 Å². The summed E-state index contributed by atoms with van der Waals surface area (Å²) in [5.41, 5.74) is 3.17. The molecule has 0 spiro atoms. The van der Waals surface area contributed by atoms with E-state index in [4.69, 9.17) is 9.84 Å². The van der Waals surface area contributed by atoms with Crippen molar-refractivity contribution in [2.45, 2.75) is 0 Å². The van der Waals surface area contributed by atoms with Gasteiger partial charge in [0.1, 0.15) is 0 Å². The van der Waals surface area contributed by atoms with Gasteiger partial charge in [0.2, 0.25) is 5.91 Å². The van der Waals surface area contributed by atoms with Gasteiger partial charge >= 0.3 is 0 Å². The van der Waals surface area contributed by atoms with Crippen LogP contribution in [0.4, 0.5) is 0 Å². The zero-order valence-corrected chi connectivity index (χ0v) is 8.12. The van der Waals surface area contributed by atoms with Crippen LogP contribution in [0.15, 0.2) is 5.10 Å². The number of nitrogens with zero attached hydrogens (tertiary/aromatic N) is 1. The molecule has 0 bridgehead atoms. The molecule has 0 aromatic heterocycles. The summed E-state index contributed by atoms with van der Waals surface area (Å²) in [6.07, 6.45) is 0. The molecule has 3 N–H and O–H groups in total. The maximum absolute atomic E-state index is 11.5. The molecule has 0 aromatic rings. The highest BCUT2D eigenvalue weighted by atomic mass is 16.5. The lowest BCUT2D eigenvalue weighted by Gasteiger charge is -2.10. The average molecular weight is 201 g/mol. The molecular weight excluding hydrogens is 186 g/mol. The molecule has 80 valence electrons. The van der Waals surface area contributed by atoms with Gasteiger partial charge in [-0.3, -0.25) is 4.79 Å². The van der Waals surface area contributed by atoms with Gasteiger partial charge in [-0.25, -0.2) is 0 Å². The highest BCUT2D eigenvalue weighted by molar-refractivity contribution is 6.05. The number of amides is 1. The predicted octanol–water partition coefficient (Wildman–Crippen LogP) is -1.68. The van der Waals surface area contributed by atoms with Crippen LogP contribution in [0.25, 0.3) is 0 Å². The topological polar surface area (TPSA) is 83.0 Å². The number of hydrogen-bond donors (Lipinski definition) is 3. The Labute approximate surface area is 82.3 Å². The lowest BCUT2D eigenvalue weighted by atomic mass is 10.0. The van der Waals surface area contributed by atoms with Crippen LogP contribution in [-0.2, 0) is 9.53 Å². The van der Waals surface area contributed by atoms with Crippen molar-refractivity contribution in [2.24, 2.45) is 11.0 Å².